The molecule has 6 rings (SSSR count). The van der Waals surface area contributed by atoms with Crippen LogP contribution in [0, 0.1) is 17.8 Å². The van der Waals surface area contributed by atoms with Crippen LogP contribution in [0.1, 0.15) is 44.1 Å². The van der Waals surface area contributed by atoms with Crippen LogP contribution in [0.4, 0.5) is 5.82 Å². The average molecular weight is 381 g/mol. The molecule has 4 nitrogen and oxygen atoms in total. The van der Waals surface area contributed by atoms with Crippen molar-refractivity contribution in [3.05, 3.63) is 48.2 Å². The van der Waals surface area contributed by atoms with E-state index in [1.165, 1.54) is 44.1 Å². The first-order chi connectivity index (χ1) is 13.2. The summed E-state index contributed by atoms with van der Waals surface area (Å²) in [6, 6.07) is 12.6. The van der Waals surface area contributed by atoms with Crippen molar-refractivity contribution >= 4 is 23.1 Å². The summed E-state index contributed by atoms with van der Waals surface area (Å²) in [4.78, 5) is 0. The Hall–Kier alpha value is -1.88. The highest BCUT2D eigenvalue weighted by Crippen LogP contribution is 2.58. The van der Waals surface area contributed by atoms with Crippen molar-refractivity contribution in [2.45, 2.75) is 50.5 Å². The summed E-state index contributed by atoms with van der Waals surface area (Å²) in [6.07, 6.45) is 11.5. The fourth-order valence-electron chi connectivity index (χ4n) is 6.13. The topological polar surface area (TPSA) is 41.9 Å². The Morgan fingerprint density at radius 2 is 1.70 bits per heavy atom. The Kier molecular flexibility index (Phi) is 4.43. The van der Waals surface area contributed by atoms with Crippen molar-refractivity contribution in [3.8, 4) is 0 Å². The third-order valence-electron chi connectivity index (χ3n) is 6.86. The van der Waals surface area contributed by atoms with E-state index < -0.39 is 0 Å². The van der Waals surface area contributed by atoms with Crippen LogP contribution in [0.2, 0.25) is 0 Å². The average Bonchev–Trinajstić information content (AvgIpc) is 3.11. The van der Waals surface area contributed by atoms with Crippen LogP contribution in [0.5, 0.6) is 0 Å². The first-order valence-corrected chi connectivity index (χ1v) is 10.7. The molecule has 0 aliphatic heterocycles. The number of hydrogen-bond acceptors (Lipinski definition) is 2. The number of nitrogens with zero attached hydrogens (tertiary/aromatic N) is 2. The molecule has 4 saturated carbocycles. The predicted molar refractivity (Wildman–Crippen MR) is 113 cm³/mol. The minimum absolute atomic E-state index is 0.275. The quantitative estimate of drug-likeness (QED) is 0.758. The number of thiocarbonyl (C=S) groups is 1. The van der Waals surface area contributed by atoms with Gasteiger partial charge in [0.05, 0.1) is 5.54 Å². The van der Waals surface area contributed by atoms with E-state index in [4.69, 9.17) is 17.3 Å². The minimum atomic E-state index is 0.275. The van der Waals surface area contributed by atoms with Crippen LogP contribution in [-0.4, -0.2) is 21.4 Å². The van der Waals surface area contributed by atoms with Gasteiger partial charge in [-0.3, -0.25) is 4.68 Å². The van der Waals surface area contributed by atoms with Gasteiger partial charge in [-0.1, -0.05) is 30.3 Å². The Balaban J connectivity index is 1.18. The van der Waals surface area contributed by atoms with Crippen LogP contribution in [0.25, 0.3) is 0 Å². The molecule has 4 aliphatic rings. The Morgan fingerprint density at radius 3 is 2.37 bits per heavy atom. The zero-order chi connectivity index (χ0) is 18.3. The second kappa shape index (κ2) is 6.93. The van der Waals surface area contributed by atoms with Crippen molar-refractivity contribution < 1.29 is 0 Å². The van der Waals surface area contributed by atoms with Crippen molar-refractivity contribution in [3.63, 3.8) is 0 Å². The van der Waals surface area contributed by atoms with Crippen molar-refractivity contribution in [1.82, 2.24) is 15.1 Å². The van der Waals surface area contributed by atoms with Gasteiger partial charge in [0.1, 0.15) is 0 Å². The fraction of sp³-hybridized carbons (Fsp3) is 0.545. The molecule has 142 valence electrons. The summed E-state index contributed by atoms with van der Waals surface area (Å²) in [5.41, 5.74) is 1.59. The van der Waals surface area contributed by atoms with E-state index in [-0.39, 0.29) is 5.54 Å². The molecule has 0 atom stereocenters. The number of hydrogen-bond donors (Lipinski definition) is 2. The van der Waals surface area contributed by atoms with Crippen LogP contribution in [0.3, 0.4) is 0 Å². The summed E-state index contributed by atoms with van der Waals surface area (Å²) in [7, 11) is 0. The van der Waals surface area contributed by atoms with Gasteiger partial charge in [0.15, 0.2) is 10.9 Å². The lowest BCUT2D eigenvalue weighted by Gasteiger charge is -2.56. The second-order valence-corrected chi connectivity index (χ2v) is 9.31. The Morgan fingerprint density at radius 1 is 1.04 bits per heavy atom. The van der Waals surface area contributed by atoms with Crippen LogP contribution in [-0.2, 0) is 12.0 Å². The van der Waals surface area contributed by atoms with Gasteiger partial charge in [-0.05, 0) is 80.5 Å². The van der Waals surface area contributed by atoms with Crippen molar-refractivity contribution in [2.75, 3.05) is 11.9 Å². The smallest absolute Gasteiger partial charge is 0.172 e. The summed E-state index contributed by atoms with van der Waals surface area (Å²) < 4.78 is 2.27. The summed E-state index contributed by atoms with van der Waals surface area (Å²) >= 11 is 5.46. The van der Waals surface area contributed by atoms with Gasteiger partial charge in [-0.25, -0.2) is 0 Å². The first-order valence-electron chi connectivity index (χ1n) is 10.3. The molecule has 1 aromatic heterocycles. The minimum Gasteiger partial charge on any atom is -0.362 e. The summed E-state index contributed by atoms with van der Waals surface area (Å²) in [6.45, 7) is 0.825. The van der Waals surface area contributed by atoms with Gasteiger partial charge in [-0.15, -0.1) is 0 Å². The number of anilines is 1. The maximum atomic E-state index is 5.46. The van der Waals surface area contributed by atoms with Gasteiger partial charge in [0, 0.05) is 18.8 Å². The predicted octanol–water partition coefficient (Wildman–Crippen LogP) is 4.34. The highest BCUT2D eigenvalue weighted by molar-refractivity contribution is 7.80. The monoisotopic (exact) mass is 380 g/mol. The molecule has 5 heteroatoms. The standard InChI is InChI=1S/C22H28N4S/c27-21(23-8-6-16-4-2-1-3-5-16)24-20-7-9-26(25-20)22-13-17-10-18(14-22)12-19(11-17)15-22/h1-5,7,9,17-19H,6,8,10-15H2,(H2,23,24,25,27). The third-order valence-corrected chi connectivity index (χ3v) is 7.11. The molecule has 0 unspecified atom stereocenters. The lowest BCUT2D eigenvalue weighted by Crippen LogP contribution is -2.52. The van der Waals surface area contributed by atoms with Gasteiger partial charge >= 0.3 is 0 Å². The third kappa shape index (κ3) is 3.49. The van der Waals surface area contributed by atoms with E-state index in [0.29, 0.717) is 5.11 Å². The van der Waals surface area contributed by atoms with Gasteiger partial charge < -0.3 is 10.6 Å². The van der Waals surface area contributed by atoms with E-state index in [0.717, 1.165) is 36.5 Å². The molecule has 4 fully saturated rings. The molecule has 4 bridgehead atoms. The highest BCUT2D eigenvalue weighted by atomic mass is 32.1. The molecule has 0 saturated heterocycles. The Labute approximate surface area is 166 Å². The van der Waals surface area contributed by atoms with Gasteiger partial charge in [0.2, 0.25) is 0 Å². The molecule has 4 aliphatic carbocycles. The zero-order valence-corrected chi connectivity index (χ0v) is 16.5. The van der Waals surface area contributed by atoms with E-state index >= 15 is 0 Å². The normalized spacial score (nSPS) is 31.0. The van der Waals surface area contributed by atoms with Crippen LogP contribution >= 0.6 is 12.2 Å². The molecule has 0 spiro atoms. The molecule has 27 heavy (non-hydrogen) atoms. The number of nitrogens with one attached hydrogen (secondary N) is 2. The van der Waals surface area contributed by atoms with Crippen LogP contribution in [0.15, 0.2) is 42.6 Å². The fourth-order valence-corrected chi connectivity index (χ4v) is 6.33. The lowest BCUT2D eigenvalue weighted by atomic mass is 9.53. The molecule has 0 radical (unpaired) electrons. The summed E-state index contributed by atoms with van der Waals surface area (Å²) in [5.74, 6) is 3.65. The van der Waals surface area contributed by atoms with E-state index in [9.17, 15) is 0 Å². The second-order valence-electron chi connectivity index (χ2n) is 8.90. The molecule has 1 heterocycles. The molecule has 0 amide bonds. The number of rotatable bonds is 5. The highest BCUT2D eigenvalue weighted by Gasteiger charge is 2.52. The first kappa shape index (κ1) is 17.2. The summed E-state index contributed by atoms with van der Waals surface area (Å²) in [5, 5.41) is 12.1. The van der Waals surface area contributed by atoms with Gasteiger partial charge in [-0.2, -0.15) is 5.10 Å². The van der Waals surface area contributed by atoms with Crippen molar-refractivity contribution in [1.29, 1.82) is 0 Å². The SMILES string of the molecule is S=C(NCCc1ccccc1)Nc1ccn(C23CC4CC(CC(C4)C2)C3)n1. The largest absolute Gasteiger partial charge is 0.362 e. The number of aromatic nitrogens is 2. The Bertz CT molecular complexity index is 777. The maximum Gasteiger partial charge on any atom is 0.172 e. The maximum absolute atomic E-state index is 5.46. The molecule has 2 N–H and O–H groups in total. The lowest BCUT2D eigenvalue weighted by molar-refractivity contribution is -0.0492. The molecule has 1 aromatic carbocycles. The van der Waals surface area contributed by atoms with E-state index in [1.54, 1.807) is 0 Å². The van der Waals surface area contributed by atoms with E-state index in [2.05, 4.69) is 51.8 Å². The van der Waals surface area contributed by atoms with E-state index in [1.807, 2.05) is 6.07 Å². The number of benzene rings is 1. The molecule has 2 aromatic rings. The molecular weight excluding hydrogens is 352 g/mol. The zero-order valence-electron chi connectivity index (χ0n) is 15.7. The van der Waals surface area contributed by atoms with Crippen LogP contribution < -0.4 is 10.6 Å². The molecular formula is C22H28N4S. The van der Waals surface area contributed by atoms with Crippen molar-refractivity contribution in [2.24, 2.45) is 17.8 Å². The van der Waals surface area contributed by atoms with Gasteiger partial charge in [0.25, 0.3) is 0 Å².